The second-order valence-corrected chi connectivity index (χ2v) is 8.93. The number of nitrogens with one attached hydrogen (secondary N) is 1. The zero-order valence-electron chi connectivity index (χ0n) is 19.9. The van der Waals surface area contributed by atoms with Gasteiger partial charge >= 0.3 is 0 Å². The molecular weight excluding hydrogens is 446 g/mol. The number of hydrogen-bond acceptors (Lipinski definition) is 6. The molecule has 1 fully saturated rings. The van der Waals surface area contributed by atoms with E-state index in [0.717, 1.165) is 16.9 Å². The van der Waals surface area contributed by atoms with Gasteiger partial charge in [0.25, 0.3) is 5.91 Å². The van der Waals surface area contributed by atoms with Gasteiger partial charge in [0.05, 0.1) is 17.9 Å². The van der Waals surface area contributed by atoms with Crippen LogP contribution in [0.3, 0.4) is 0 Å². The minimum absolute atomic E-state index is 0.0823. The number of hydrogen-bond donors (Lipinski definition) is 1. The van der Waals surface area contributed by atoms with E-state index in [1.165, 1.54) is 0 Å². The molecule has 5 rings (SSSR count). The number of aryl methyl sites for hydroxylation is 2. The van der Waals surface area contributed by atoms with E-state index in [4.69, 9.17) is 9.47 Å². The van der Waals surface area contributed by atoms with Gasteiger partial charge in [-0.1, -0.05) is 29.8 Å². The van der Waals surface area contributed by atoms with Crippen LogP contribution in [0.2, 0.25) is 0 Å². The van der Waals surface area contributed by atoms with E-state index >= 15 is 0 Å². The first-order valence-electron chi connectivity index (χ1n) is 11.8. The molecule has 2 aliphatic rings. The fourth-order valence-corrected chi connectivity index (χ4v) is 4.33. The zero-order chi connectivity index (χ0) is 24.4. The summed E-state index contributed by atoms with van der Waals surface area (Å²) < 4.78 is 13.3. The highest BCUT2D eigenvalue weighted by Gasteiger charge is 2.33. The van der Waals surface area contributed by atoms with Crippen LogP contribution in [0.15, 0.2) is 54.6 Å². The van der Waals surface area contributed by atoms with Crippen molar-refractivity contribution in [2.45, 2.75) is 20.0 Å². The lowest BCUT2D eigenvalue weighted by Crippen LogP contribution is -2.55. The second kappa shape index (κ2) is 9.79. The van der Waals surface area contributed by atoms with Gasteiger partial charge in [-0.15, -0.1) is 0 Å². The lowest BCUT2D eigenvalue weighted by Gasteiger charge is -2.36. The van der Waals surface area contributed by atoms with Crippen molar-refractivity contribution in [1.82, 2.24) is 19.6 Å². The van der Waals surface area contributed by atoms with Gasteiger partial charge in [0, 0.05) is 32.2 Å². The van der Waals surface area contributed by atoms with Crippen LogP contribution in [0.5, 0.6) is 11.5 Å². The Morgan fingerprint density at radius 1 is 1.00 bits per heavy atom. The van der Waals surface area contributed by atoms with E-state index < -0.39 is 6.10 Å². The van der Waals surface area contributed by atoms with E-state index in [-0.39, 0.29) is 25.0 Å². The zero-order valence-corrected chi connectivity index (χ0v) is 19.9. The summed E-state index contributed by atoms with van der Waals surface area (Å²) in [7, 11) is 0. The normalized spacial score (nSPS) is 17.8. The van der Waals surface area contributed by atoms with Crippen LogP contribution in [0.4, 0.5) is 5.82 Å². The van der Waals surface area contributed by atoms with E-state index in [1.807, 2.05) is 67.3 Å². The lowest BCUT2D eigenvalue weighted by atomic mass is 10.2. The van der Waals surface area contributed by atoms with Crippen molar-refractivity contribution in [2.75, 3.05) is 44.6 Å². The minimum atomic E-state index is -0.648. The fourth-order valence-electron chi connectivity index (χ4n) is 4.33. The molecule has 0 bridgehead atoms. The standard InChI is InChI=1S/C26H29N5O4/c1-18-7-9-20(10-8-18)31-24(15-19(2)28-31)27-25(32)16-29-11-13-30(14-12-29)26(33)23-17-34-21-5-3-4-6-22(21)35-23/h3-10,15,23H,11-14,16-17H2,1-2H3,(H,27,32). The molecule has 9 heteroatoms. The maximum atomic E-state index is 12.9. The van der Waals surface area contributed by atoms with Crippen molar-refractivity contribution in [2.24, 2.45) is 0 Å². The van der Waals surface area contributed by atoms with Crippen LogP contribution < -0.4 is 14.8 Å². The first kappa shape index (κ1) is 22.9. The number of rotatable bonds is 5. The summed E-state index contributed by atoms with van der Waals surface area (Å²) in [5.41, 5.74) is 2.88. The van der Waals surface area contributed by atoms with Gasteiger partial charge in [-0.05, 0) is 38.1 Å². The summed E-state index contributed by atoms with van der Waals surface area (Å²) in [4.78, 5) is 29.6. The average molecular weight is 476 g/mol. The van der Waals surface area contributed by atoms with Gasteiger partial charge in [-0.2, -0.15) is 5.10 Å². The SMILES string of the molecule is Cc1ccc(-n2nc(C)cc2NC(=O)CN2CCN(C(=O)C3COc4ccccc4O3)CC2)cc1. The summed E-state index contributed by atoms with van der Waals surface area (Å²) in [6.07, 6.45) is -0.648. The van der Waals surface area contributed by atoms with E-state index in [0.29, 0.717) is 43.5 Å². The molecule has 3 aromatic rings. The maximum Gasteiger partial charge on any atom is 0.267 e. The van der Waals surface area contributed by atoms with Crippen molar-refractivity contribution < 1.29 is 19.1 Å². The quantitative estimate of drug-likeness (QED) is 0.610. The molecule has 0 aliphatic carbocycles. The number of carbonyl (C=O) groups excluding carboxylic acids is 2. The maximum absolute atomic E-state index is 12.9. The summed E-state index contributed by atoms with van der Waals surface area (Å²) in [6.45, 7) is 6.67. The van der Waals surface area contributed by atoms with Gasteiger partial charge in [0.2, 0.25) is 12.0 Å². The topological polar surface area (TPSA) is 88.9 Å². The van der Waals surface area contributed by atoms with Crippen molar-refractivity contribution in [3.8, 4) is 17.2 Å². The first-order valence-corrected chi connectivity index (χ1v) is 11.8. The van der Waals surface area contributed by atoms with Crippen LogP contribution >= 0.6 is 0 Å². The minimum Gasteiger partial charge on any atom is -0.485 e. The number of ether oxygens (including phenoxy) is 2. The molecule has 1 saturated heterocycles. The second-order valence-electron chi connectivity index (χ2n) is 8.93. The number of anilines is 1. The van der Waals surface area contributed by atoms with Crippen LogP contribution in [0.1, 0.15) is 11.3 Å². The van der Waals surface area contributed by atoms with Crippen LogP contribution in [-0.2, 0) is 9.59 Å². The van der Waals surface area contributed by atoms with Crippen LogP contribution in [0, 0.1) is 13.8 Å². The smallest absolute Gasteiger partial charge is 0.267 e. The van der Waals surface area contributed by atoms with Gasteiger partial charge in [0.15, 0.2) is 11.5 Å². The molecule has 2 aliphatic heterocycles. The molecule has 0 spiro atoms. The predicted octanol–water partition coefficient (Wildman–Crippen LogP) is 2.41. The molecule has 3 heterocycles. The van der Waals surface area contributed by atoms with Crippen LogP contribution in [-0.4, -0.2) is 76.8 Å². The Kier molecular flexibility index (Phi) is 6.41. The van der Waals surface area contributed by atoms with E-state index in [1.54, 1.807) is 15.6 Å². The number of para-hydroxylation sites is 2. The summed E-state index contributed by atoms with van der Waals surface area (Å²) in [5, 5.41) is 7.51. The lowest BCUT2D eigenvalue weighted by molar-refractivity contribution is -0.143. The van der Waals surface area contributed by atoms with Crippen molar-refractivity contribution in [1.29, 1.82) is 0 Å². The highest BCUT2D eigenvalue weighted by Crippen LogP contribution is 2.31. The number of piperazine rings is 1. The molecule has 0 radical (unpaired) electrons. The Bertz CT molecular complexity index is 1210. The summed E-state index contributed by atoms with van der Waals surface area (Å²) in [6, 6.07) is 17.2. The fraction of sp³-hybridized carbons (Fsp3) is 0.346. The Hall–Kier alpha value is -3.85. The Morgan fingerprint density at radius 3 is 2.46 bits per heavy atom. The molecule has 35 heavy (non-hydrogen) atoms. The molecule has 9 nitrogen and oxygen atoms in total. The van der Waals surface area contributed by atoms with E-state index in [9.17, 15) is 9.59 Å². The Balaban J connectivity index is 1.13. The first-order chi connectivity index (χ1) is 17.0. The molecule has 1 aromatic heterocycles. The number of benzene rings is 2. The molecule has 2 aromatic carbocycles. The number of amides is 2. The van der Waals surface area contributed by atoms with Gasteiger partial charge < -0.3 is 19.7 Å². The summed E-state index contributed by atoms with van der Waals surface area (Å²) >= 11 is 0. The number of carbonyl (C=O) groups is 2. The Morgan fingerprint density at radius 2 is 1.71 bits per heavy atom. The Labute approximate surface area is 204 Å². The van der Waals surface area contributed by atoms with Crippen molar-refractivity contribution in [3.05, 3.63) is 65.9 Å². The molecule has 182 valence electrons. The van der Waals surface area contributed by atoms with Crippen molar-refractivity contribution in [3.63, 3.8) is 0 Å². The molecule has 1 atom stereocenters. The third-order valence-electron chi connectivity index (χ3n) is 6.21. The molecule has 2 amide bonds. The largest absolute Gasteiger partial charge is 0.485 e. The van der Waals surface area contributed by atoms with E-state index in [2.05, 4.69) is 10.4 Å². The third kappa shape index (κ3) is 5.14. The molecular formula is C26H29N5O4. The molecule has 0 saturated carbocycles. The molecule has 1 N–H and O–H groups in total. The number of fused-ring (bicyclic) bond motifs is 1. The third-order valence-corrected chi connectivity index (χ3v) is 6.21. The summed E-state index contributed by atoms with van der Waals surface area (Å²) in [5.74, 6) is 1.69. The number of aromatic nitrogens is 2. The predicted molar refractivity (Wildman–Crippen MR) is 131 cm³/mol. The van der Waals surface area contributed by atoms with Crippen molar-refractivity contribution >= 4 is 17.6 Å². The number of nitrogens with zero attached hydrogens (tertiary/aromatic N) is 4. The van der Waals surface area contributed by atoms with Crippen LogP contribution in [0.25, 0.3) is 5.69 Å². The highest BCUT2D eigenvalue weighted by atomic mass is 16.6. The monoisotopic (exact) mass is 475 g/mol. The highest BCUT2D eigenvalue weighted by molar-refractivity contribution is 5.91. The van der Waals surface area contributed by atoms with Gasteiger partial charge in [-0.3, -0.25) is 14.5 Å². The van der Waals surface area contributed by atoms with Gasteiger partial charge in [0.1, 0.15) is 12.4 Å². The average Bonchev–Trinajstić information content (AvgIpc) is 3.23. The van der Waals surface area contributed by atoms with Gasteiger partial charge in [-0.25, -0.2) is 4.68 Å². The molecule has 1 unspecified atom stereocenters.